The van der Waals surface area contributed by atoms with Crippen molar-refractivity contribution in [2.45, 2.75) is 51.4 Å². The summed E-state index contributed by atoms with van der Waals surface area (Å²) in [5.74, 6) is -1.55. The van der Waals surface area contributed by atoms with E-state index in [1.807, 2.05) is 89.8 Å². The minimum absolute atomic E-state index is 0.0181. The van der Waals surface area contributed by atoms with Crippen LogP contribution in [0.2, 0.25) is 0 Å². The van der Waals surface area contributed by atoms with Crippen molar-refractivity contribution in [2.24, 2.45) is 17.6 Å². The molecule has 0 bridgehead atoms. The standard InChI is InChI=1S/C39H45N3O4.C2HF3O2/c40-24-30-12-14-31(15-13-30)25-41-39(45)36-11-5-10-35(23-36)34-9-4-8-33(22-34)26-42(21-20-29-16-18-37(43)19-17-29)38(44)28-46-27-32-6-2-1-3-7-32;3-2(4,5)1(6)7/h1-11,16-19,22-23,30-31,43H,12-15,20-21,24-28,40H2,(H,41,45);(H,6,7). The van der Waals surface area contributed by atoms with Crippen LogP contribution in [0.3, 0.4) is 0 Å². The molecule has 0 aromatic heterocycles. The number of amides is 2. The second kappa shape index (κ2) is 20.1. The molecule has 0 unspecified atom stereocenters. The fourth-order valence-corrected chi connectivity index (χ4v) is 6.06. The van der Waals surface area contributed by atoms with Crippen LogP contribution in [0.25, 0.3) is 11.1 Å². The highest BCUT2D eigenvalue weighted by atomic mass is 19.4. The Labute approximate surface area is 307 Å². The number of phenolic OH excluding ortho intramolecular Hbond substituents is 1. The summed E-state index contributed by atoms with van der Waals surface area (Å²) in [6.45, 7) is 2.73. The number of nitrogens with one attached hydrogen (secondary N) is 1. The number of carboxylic acids is 1. The molecule has 0 atom stereocenters. The SMILES string of the molecule is NCC1CCC(CNC(=O)c2cccc(-c3cccc(CN(CCc4ccc(O)cc4)C(=O)COCc4ccccc4)c3)c2)CC1.O=C(O)C(F)(F)F. The molecule has 53 heavy (non-hydrogen) atoms. The number of nitrogens with zero attached hydrogens (tertiary/aromatic N) is 1. The Bertz CT molecular complexity index is 1760. The van der Waals surface area contributed by atoms with E-state index in [1.54, 1.807) is 12.1 Å². The van der Waals surface area contributed by atoms with Gasteiger partial charge in [0.05, 0.1) is 6.61 Å². The van der Waals surface area contributed by atoms with E-state index in [2.05, 4.69) is 11.4 Å². The third kappa shape index (κ3) is 13.7. The first-order chi connectivity index (χ1) is 25.4. The summed E-state index contributed by atoms with van der Waals surface area (Å²) in [6.07, 6.45) is 0.0774. The molecule has 0 heterocycles. The highest BCUT2D eigenvalue weighted by Crippen LogP contribution is 2.28. The van der Waals surface area contributed by atoms with Gasteiger partial charge in [0.1, 0.15) is 12.4 Å². The minimum Gasteiger partial charge on any atom is -0.508 e. The Morgan fingerprint density at radius 3 is 2.04 bits per heavy atom. The van der Waals surface area contributed by atoms with Crippen LogP contribution in [0.4, 0.5) is 13.2 Å². The van der Waals surface area contributed by atoms with Gasteiger partial charge < -0.3 is 30.9 Å². The van der Waals surface area contributed by atoms with E-state index in [0.717, 1.165) is 60.0 Å². The molecule has 2 amide bonds. The lowest BCUT2D eigenvalue weighted by Crippen LogP contribution is -2.35. The van der Waals surface area contributed by atoms with E-state index in [1.165, 1.54) is 0 Å². The lowest BCUT2D eigenvalue weighted by Gasteiger charge is -2.27. The van der Waals surface area contributed by atoms with Crippen molar-refractivity contribution in [2.75, 3.05) is 26.2 Å². The summed E-state index contributed by atoms with van der Waals surface area (Å²) in [6, 6.07) is 32.7. The Morgan fingerprint density at radius 2 is 1.40 bits per heavy atom. The lowest BCUT2D eigenvalue weighted by atomic mass is 9.82. The molecular weight excluding hydrogens is 687 g/mol. The smallest absolute Gasteiger partial charge is 0.490 e. The summed E-state index contributed by atoms with van der Waals surface area (Å²) in [4.78, 5) is 37.2. The van der Waals surface area contributed by atoms with Gasteiger partial charge in [0, 0.05) is 25.2 Å². The van der Waals surface area contributed by atoms with Gasteiger partial charge in [-0.25, -0.2) is 4.79 Å². The van der Waals surface area contributed by atoms with Crippen molar-refractivity contribution in [1.29, 1.82) is 0 Å². The fraction of sp³-hybridized carbons (Fsp3) is 0.341. The topological polar surface area (TPSA) is 142 Å². The number of carbonyl (C=O) groups excluding carboxylic acids is 2. The molecular formula is C41H46F3N3O6. The number of alkyl halides is 3. The third-order valence-corrected chi connectivity index (χ3v) is 9.15. The number of aromatic hydroxyl groups is 1. The molecule has 0 saturated heterocycles. The normalized spacial score (nSPS) is 15.5. The maximum absolute atomic E-state index is 13.4. The predicted molar refractivity (Wildman–Crippen MR) is 196 cm³/mol. The number of aliphatic carboxylic acids is 1. The monoisotopic (exact) mass is 733 g/mol. The van der Waals surface area contributed by atoms with Crippen LogP contribution in [0, 0.1) is 11.8 Å². The van der Waals surface area contributed by atoms with E-state index < -0.39 is 12.1 Å². The molecule has 5 N–H and O–H groups in total. The zero-order chi connectivity index (χ0) is 38.2. The molecule has 0 aliphatic heterocycles. The number of rotatable bonds is 14. The van der Waals surface area contributed by atoms with Crippen molar-refractivity contribution in [1.82, 2.24) is 10.2 Å². The van der Waals surface area contributed by atoms with E-state index in [0.29, 0.717) is 50.1 Å². The van der Waals surface area contributed by atoms with Gasteiger partial charge in [-0.15, -0.1) is 0 Å². The fourth-order valence-electron chi connectivity index (χ4n) is 6.06. The summed E-state index contributed by atoms with van der Waals surface area (Å²) >= 11 is 0. The van der Waals surface area contributed by atoms with Crippen LogP contribution in [0.5, 0.6) is 5.75 Å². The van der Waals surface area contributed by atoms with Crippen LogP contribution in [0.15, 0.2) is 103 Å². The van der Waals surface area contributed by atoms with Crippen LogP contribution in [-0.2, 0) is 33.9 Å². The first-order valence-corrected chi connectivity index (χ1v) is 17.6. The summed E-state index contributed by atoms with van der Waals surface area (Å²) in [7, 11) is 0. The van der Waals surface area contributed by atoms with E-state index in [-0.39, 0.29) is 24.2 Å². The summed E-state index contributed by atoms with van der Waals surface area (Å²) in [5, 5.41) is 19.9. The molecule has 4 aromatic rings. The Hall–Kier alpha value is -5.20. The molecule has 0 radical (unpaired) electrons. The highest BCUT2D eigenvalue weighted by Gasteiger charge is 2.38. The van der Waals surface area contributed by atoms with Gasteiger partial charge in [-0.05, 0) is 109 Å². The highest BCUT2D eigenvalue weighted by molar-refractivity contribution is 5.95. The number of phenols is 1. The molecule has 5 rings (SSSR count). The molecule has 1 saturated carbocycles. The molecule has 0 spiro atoms. The average molecular weight is 734 g/mol. The zero-order valence-corrected chi connectivity index (χ0v) is 29.4. The number of nitrogens with two attached hydrogens (primary N) is 1. The second-order valence-corrected chi connectivity index (χ2v) is 13.1. The molecule has 1 fully saturated rings. The zero-order valence-electron chi connectivity index (χ0n) is 29.4. The van der Waals surface area contributed by atoms with Crippen molar-refractivity contribution in [3.05, 3.63) is 125 Å². The first kappa shape index (κ1) is 40.6. The van der Waals surface area contributed by atoms with Gasteiger partial charge in [0.15, 0.2) is 0 Å². The number of hydrogen-bond donors (Lipinski definition) is 4. The Kier molecular flexibility index (Phi) is 15.4. The number of ether oxygens (including phenoxy) is 1. The molecule has 1 aliphatic rings. The molecule has 1 aliphatic carbocycles. The van der Waals surface area contributed by atoms with Gasteiger partial charge >= 0.3 is 12.1 Å². The van der Waals surface area contributed by atoms with E-state index in [9.17, 15) is 27.9 Å². The van der Waals surface area contributed by atoms with Gasteiger partial charge in [-0.3, -0.25) is 9.59 Å². The number of carbonyl (C=O) groups is 3. The molecule has 282 valence electrons. The number of hydrogen-bond acceptors (Lipinski definition) is 6. The van der Waals surface area contributed by atoms with Gasteiger partial charge in [-0.1, -0.05) is 72.8 Å². The Balaban J connectivity index is 0.000000815. The van der Waals surface area contributed by atoms with Crippen LogP contribution < -0.4 is 11.1 Å². The van der Waals surface area contributed by atoms with E-state index >= 15 is 0 Å². The van der Waals surface area contributed by atoms with Crippen molar-refractivity contribution >= 4 is 17.8 Å². The van der Waals surface area contributed by atoms with Gasteiger partial charge in [0.25, 0.3) is 5.91 Å². The molecule has 12 heteroatoms. The van der Waals surface area contributed by atoms with Crippen LogP contribution >= 0.6 is 0 Å². The average Bonchev–Trinajstić information content (AvgIpc) is 3.16. The van der Waals surface area contributed by atoms with Crippen molar-refractivity contribution in [3.8, 4) is 16.9 Å². The van der Waals surface area contributed by atoms with Crippen LogP contribution in [0.1, 0.15) is 52.7 Å². The van der Waals surface area contributed by atoms with Gasteiger partial charge in [-0.2, -0.15) is 13.2 Å². The summed E-state index contributed by atoms with van der Waals surface area (Å²) in [5.41, 5.74) is 11.4. The van der Waals surface area contributed by atoms with Crippen molar-refractivity contribution in [3.63, 3.8) is 0 Å². The van der Waals surface area contributed by atoms with Crippen LogP contribution in [-0.4, -0.2) is 65.3 Å². The maximum atomic E-state index is 13.4. The summed E-state index contributed by atoms with van der Waals surface area (Å²) < 4.78 is 37.5. The van der Waals surface area contributed by atoms with Gasteiger partial charge in [0.2, 0.25) is 5.91 Å². The maximum Gasteiger partial charge on any atom is 0.490 e. The lowest BCUT2D eigenvalue weighted by molar-refractivity contribution is -0.192. The quantitative estimate of drug-likeness (QED) is 0.110. The first-order valence-electron chi connectivity index (χ1n) is 17.6. The number of carboxylic acid groups (broad SMARTS) is 1. The third-order valence-electron chi connectivity index (χ3n) is 9.15. The number of halogens is 3. The largest absolute Gasteiger partial charge is 0.508 e. The van der Waals surface area contributed by atoms with Crippen molar-refractivity contribution < 1.29 is 42.5 Å². The predicted octanol–water partition coefficient (Wildman–Crippen LogP) is 6.98. The van der Waals surface area contributed by atoms with E-state index in [4.69, 9.17) is 20.4 Å². The Morgan fingerprint density at radius 1 is 0.792 bits per heavy atom. The second-order valence-electron chi connectivity index (χ2n) is 13.1. The molecule has 9 nitrogen and oxygen atoms in total. The number of benzene rings is 4. The molecule has 4 aromatic carbocycles. The minimum atomic E-state index is -5.08.